The second-order valence-corrected chi connectivity index (χ2v) is 7.80. The van der Waals surface area contributed by atoms with Gasteiger partial charge in [0.2, 0.25) is 5.91 Å². The number of carbonyl (C=O) groups is 3. The Kier molecular flexibility index (Phi) is 5.79. The Balaban J connectivity index is 1.78. The SMILES string of the molecule is CC(=O)Nc1ccc(N2C(=O)C(Nc3cccc(C)c3C)=C(c3ccc(F)cc3)C2=O)cc1. The van der Waals surface area contributed by atoms with E-state index >= 15 is 0 Å². The second-order valence-electron chi connectivity index (χ2n) is 7.80. The van der Waals surface area contributed by atoms with Crippen LogP contribution in [0.2, 0.25) is 0 Å². The summed E-state index contributed by atoms with van der Waals surface area (Å²) in [7, 11) is 0. The van der Waals surface area contributed by atoms with E-state index in [1.807, 2.05) is 32.0 Å². The summed E-state index contributed by atoms with van der Waals surface area (Å²) >= 11 is 0. The number of nitrogens with one attached hydrogen (secondary N) is 2. The summed E-state index contributed by atoms with van der Waals surface area (Å²) in [5.41, 5.74) is 4.29. The molecule has 166 valence electrons. The van der Waals surface area contributed by atoms with Gasteiger partial charge in [-0.1, -0.05) is 24.3 Å². The highest BCUT2D eigenvalue weighted by atomic mass is 19.1. The molecule has 1 aliphatic rings. The van der Waals surface area contributed by atoms with E-state index in [-0.39, 0.29) is 17.2 Å². The molecule has 7 heteroatoms. The van der Waals surface area contributed by atoms with Crippen molar-refractivity contribution < 1.29 is 18.8 Å². The van der Waals surface area contributed by atoms with E-state index in [2.05, 4.69) is 10.6 Å². The van der Waals surface area contributed by atoms with E-state index < -0.39 is 17.6 Å². The van der Waals surface area contributed by atoms with Gasteiger partial charge in [-0.2, -0.15) is 0 Å². The number of amides is 3. The molecule has 0 saturated carbocycles. The van der Waals surface area contributed by atoms with Gasteiger partial charge in [0.15, 0.2) is 0 Å². The van der Waals surface area contributed by atoms with Crippen LogP contribution in [0.1, 0.15) is 23.6 Å². The smallest absolute Gasteiger partial charge is 0.282 e. The number of aryl methyl sites for hydroxylation is 1. The fourth-order valence-corrected chi connectivity index (χ4v) is 3.68. The van der Waals surface area contributed by atoms with Crippen molar-refractivity contribution in [2.45, 2.75) is 20.8 Å². The number of imide groups is 1. The average molecular weight is 443 g/mol. The molecule has 0 radical (unpaired) electrons. The minimum Gasteiger partial charge on any atom is -0.350 e. The largest absolute Gasteiger partial charge is 0.350 e. The third-order valence-corrected chi connectivity index (χ3v) is 5.53. The maximum atomic E-state index is 13.5. The van der Waals surface area contributed by atoms with Gasteiger partial charge in [-0.25, -0.2) is 9.29 Å². The van der Waals surface area contributed by atoms with Crippen molar-refractivity contribution in [1.82, 2.24) is 0 Å². The van der Waals surface area contributed by atoms with Gasteiger partial charge in [-0.15, -0.1) is 0 Å². The van der Waals surface area contributed by atoms with Crippen LogP contribution in [0.3, 0.4) is 0 Å². The zero-order chi connectivity index (χ0) is 23.7. The fraction of sp³-hybridized carbons (Fsp3) is 0.115. The van der Waals surface area contributed by atoms with Crippen LogP contribution in [-0.4, -0.2) is 17.7 Å². The van der Waals surface area contributed by atoms with Crippen molar-refractivity contribution in [3.8, 4) is 0 Å². The molecule has 0 atom stereocenters. The summed E-state index contributed by atoms with van der Waals surface area (Å²) in [6, 6.07) is 17.5. The van der Waals surface area contributed by atoms with Crippen molar-refractivity contribution >= 4 is 40.4 Å². The number of anilines is 3. The number of hydrogen-bond donors (Lipinski definition) is 2. The van der Waals surface area contributed by atoms with Crippen molar-refractivity contribution in [2.24, 2.45) is 0 Å². The molecule has 1 aliphatic heterocycles. The van der Waals surface area contributed by atoms with Crippen molar-refractivity contribution in [3.05, 3.63) is 94.9 Å². The van der Waals surface area contributed by atoms with Gasteiger partial charge >= 0.3 is 0 Å². The molecule has 3 amide bonds. The van der Waals surface area contributed by atoms with E-state index in [0.717, 1.165) is 16.0 Å². The molecule has 0 aromatic heterocycles. The van der Waals surface area contributed by atoms with Gasteiger partial charge in [-0.3, -0.25) is 14.4 Å². The quantitative estimate of drug-likeness (QED) is 0.556. The molecule has 2 N–H and O–H groups in total. The van der Waals surface area contributed by atoms with E-state index in [1.54, 1.807) is 24.3 Å². The molecule has 4 rings (SSSR count). The Morgan fingerprint density at radius 2 is 1.55 bits per heavy atom. The summed E-state index contributed by atoms with van der Waals surface area (Å²) in [5.74, 6) is -1.71. The van der Waals surface area contributed by atoms with Gasteiger partial charge in [0, 0.05) is 18.3 Å². The van der Waals surface area contributed by atoms with E-state index in [4.69, 9.17) is 0 Å². The van der Waals surface area contributed by atoms with E-state index in [1.165, 1.54) is 31.2 Å². The zero-order valence-electron chi connectivity index (χ0n) is 18.4. The molecule has 0 unspecified atom stereocenters. The molecule has 0 bridgehead atoms. The minimum absolute atomic E-state index is 0.117. The second kappa shape index (κ2) is 8.70. The molecule has 3 aromatic carbocycles. The first-order valence-electron chi connectivity index (χ1n) is 10.4. The lowest BCUT2D eigenvalue weighted by Gasteiger charge is -2.16. The third kappa shape index (κ3) is 4.25. The number of rotatable bonds is 5. The first-order chi connectivity index (χ1) is 15.8. The highest BCUT2D eigenvalue weighted by Crippen LogP contribution is 2.35. The number of hydrogen-bond acceptors (Lipinski definition) is 4. The minimum atomic E-state index is -0.522. The Hall–Kier alpha value is -4.26. The monoisotopic (exact) mass is 443 g/mol. The maximum Gasteiger partial charge on any atom is 0.282 e. The maximum absolute atomic E-state index is 13.5. The van der Waals surface area contributed by atoms with Gasteiger partial charge in [0.25, 0.3) is 11.8 Å². The fourth-order valence-electron chi connectivity index (χ4n) is 3.68. The standard InChI is InChI=1S/C26H22FN3O3/c1-15-5-4-6-22(16(15)2)29-24-23(18-7-9-19(27)10-8-18)25(32)30(26(24)33)21-13-11-20(12-14-21)28-17(3)31/h4-14,29H,1-3H3,(H,28,31). The van der Waals surface area contributed by atoms with Gasteiger partial charge in [-0.05, 0) is 73.0 Å². The number of halogens is 1. The molecular weight excluding hydrogens is 421 g/mol. The highest BCUT2D eigenvalue weighted by Gasteiger charge is 2.40. The summed E-state index contributed by atoms with van der Waals surface area (Å²) < 4.78 is 13.5. The number of carbonyl (C=O) groups excluding carboxylic acids is 3. The first kappa shape index (κ1) is 22.0. The van der Waals surface area contributed by atoms with E-state index in [0.29, 0.717) is 22.6 Å². The normalized spacial score (nSPS) is 13.5. The summed E-state index contributed by atoms with van der Waals surface area (Å²) in [6.45, 7) is 5.28. The Labute approximate surface area is 190 Å². The molecular formula is C26H22FN3O3. The predicted octanol–water partition coefficient (Wildman–Crippen LogP) is 4.80. The van der Waals surface area contributed by atoms with Crippen LogP contribution in [0.25, 0.3) is 5.57 Å². The van der Waals surface area contributed by atoms with Gasteiger partial charge < -0.3 is 10.6 Å². The first-order valence-corrected chi connectivity index (χ1v) is 10.4. The molecule has 0 saturated heterocycles. The number of benzene rings is 3. The summed E-state index contributed by atoms with van der Waals surface area (Å²) in [6.07, 6.45) is 0. The van der Waals surface area contributed by atoms with Crippen molar-refractivity contribution in [3.63, 3.8) is 0 Å². The topological polar surface area (TPSA) is 78.5 Å². The van der Waals surface area contributed by atoms with Crippen LogP contribution in [0.4, 0.5) is 21.5 Å². The molecule has 3 aromatic rings. The molecule has 0 spiro atoms. The van der Waals surface area contributed by atoms with Gasteiger partial charge in [0.1, 0.15) is 11.5 Å². The number of nitrogens with zero attached hydrogens (tertiary/aromatic N) is 1. The van der Waals surface area contributed by atoms with E-state index in [9.17, 15) is 18.8 Å². The van der Waals surface area contributed by atoms with Crippen molar-refractivity contribution in [1.29, 1.82) is 0 Å². The van der Waals surface area contributed by atoms with Crippen LogP contribution in [0.5, 0.6) is 0 Å². The van der Waals surface area contributed by atoms with Crippen molar-refractivity contribution in [2.75, 3.05) is 15.5 Å². The zero-order valence-corrected chi connectivity index (χ0v) is 18.4. The predicted molar refractivity (Wildman–Crippen MR) is 126 cm³/mol. The summed E-state index contributed by atoms with van der Waals surface area (Å²) in [5, 5.41) is 5.80. The van der Waals surface area contributed by atoms with Crippen LogP contribution in [0, 0.1) is 19.7 Å². The highest BCUT2D eigenvalue weighted by molar-refractivity contribution is 6.46. The molecule has 0 aliphatic carbocycles. The Morgan fingerprint density at radius 3 is 2.18 bits per heavy atom. The lowest BCUT2D eigenvalue weighted by Crippen LogP contribution is -2.32. The lowest BCUT2D eigenvalue weighted by atomic mass is 10.0. The van der Waals surface area contributed by atoms with Gasteiger partial charge in [0.05, 0.1) is 11.3 Å². The Morgan fingerprint density at radius 1 is 0.879 bits per heavy atom. The lowest BCUT2D eigenvalue weighted by molar-refractivity contribution is -0.120. The van der Waals surface area contributed by atoms with Crippen LogP contribution >= 0.6 is 0 Å². The third-order valence-electron chi connectivity index (χ3n) is 5.53. The summed E-state index contributed by atoms with van der Waals surface area (Å²) in [4.78, 5) is 39.3. The Bertz CT molecular complexity index is 1300. The van der Waals surface area contributed by atoms with Crippen LogP contribution in [-0.2, 0) is 14.4 Å². The average Bonchev–Trinajstić information content (AvgIpc) is 3.02. The van der Waals surface area contributed by atoms with Crippen LogP contribution < -0.4 is 15.5 Å². The molecule has 33 heavy (non-hydrogen) atoms. The molecule has 0 fully saturated rings. The molecule has 6 nitrogen and oxygen atoms in total. The van der Waals surface area contributed by atoms with Crippen LogP contribution in [0.15, 0.2) is 72.4 Å². The molecule has 1 heterocycles.